The second kappa shape index (κ2) is 6.94. The fourth-order valence-electron chi connectivity index (χ4n) is 1.79. The molecule has 0 aromatic heterocycles. The van der Waals surface area contributed by atoms with Gasteiger partial charge in [-0.25, -0.2) is 0 Å². The van der Waals surface area contributed by atoms with Crippen LogP contribution < -0.4 is 9.47 Å². The highest BCUT2D eigenvalue weighted by molar-refractivity contribution is 6.01. The number of ether oxygens (including phenoxy) is 2. The van der Waals surface area contributed by atoms with Crippen LogP contribution in [-0.2, 0) is 0 Å². The zero-order valence-electron chi connectivity index (χ0n) is 10.8. The fourth-order valence-corrected chi connectivity index (χ4v) is 1.79. The van der Waals surface area contributed by atoms with E-state index in [4.69, 9.17) is 9.47 Å². The summed E-state index contributed by atoms with van der Waals surface area (Å²) in [5, 5.41) is 0. The lowest BCUT2D eigenvalue weighted by Gasteiger charge is -2.11. The molecule has 94 valence electrons. The highest BCUT2D eigenvalue weighted by Gasteiger charge is 2.17. The molecule has 0 radical (unpaired) electrons. The van der Waals surface area contributed by atoms with Crippen LogP contribution in [0, 0.1) is 0 Å². The van der Waals surface area contributed by atoms with Gasteiger partial charge in [-0.15, -0.1) is 0 Å². The summed E-state index contributed by atoms with van der Waals surface area (Å²) in [6, 6.07) is 5.39. The standard InChI is InChI=1S/C14H20O3/c1-4-5-6-8-11(15)14-12(16-2)9-7-10-13(14)17-3/h7,9-10H,4-6,8H2,1-3H3. The quantitative estimate of drug-likeness (QED) is 0.537. The monoisotopic (exact) mass is 236 g/mol. The number of hydrogen-bond acceptors (Lipinski definition) is 3. The zero-order chi connectivity index (χ0) is 12.7. The lowest BCUT2D eigenvalue weighted by Crippen LogP contribution is -2.05. The number of hydrogen-bond donors (Lipinski definition) is 0. The van der Waals surface area contributed by atoms with E-state index in [0.29, 0.717) is 23.5 Å². The third-order valence-corrected chi connectivity index (χ3v) is 2.71. The first-order valence-corrected chi connectivity index (χ1v) is 5.98. The molecule has 0 N–H and O–H groups in total. The molecule has 0 aliphatic rings. The van der Waals surface area contributed by atoms with Crippen LogP contribution in [0.1, 0.15) is 43.0 Å². The van der Waals surface area contributed by atoms with Crippen LogP contribution in [0.25, 0.3) is 0 Å². The van der Waals surface area contributed by atoms with Crippen LogP contribution in [0.2, 0.25) is 0 Å². The smallest absolute Gasteiger partial charge is 0.170 e. The van der Waals surface area contributed by atoms with E-state index in [1.54, 1.807) is 26.4 Å². The van der Waals surface area contributed by atoms with Crippen molar-refractivity contribution in [3.8, 4) is 11.5 Å². The molecule has 0 aliphatic carbocycles. The molecule has 0 spiro atoms. The van der Waals surface area contributed by atoms with Gasteiger partial charge in [0.05, 0.1) is 14.2 Å². The van der Waals surface area contributed by atoms with Crippen molar-refractivity contribution in [3.05, 3.63) is 23.8 Å². The van der Waals surface area contributed by atoms with Gasteiger partial charge in [0.1, 0.15) is 17.1 Å². The summed E-state index contributed by atoms with van der Waals surface area (Å²) in [5.41, 5.74) is 0.564. The molecule has 3 nitrogen and oxygen atoms in total. The predicted octanol–water partition coefficient (Wildman–Crippen LogP) is 3.47. The van der Waals surface area contributed by atoms with Crippen LogP contribution in [-0.4, -0.2) is 20.0 Å². The number of Topliss-reactive ketones (excluding diaryl/α,β-unsaturated/α-hetero) is 1. The number of carbonyl (C=O) groups excluding carboxylic acids is 1. The lowest BCUT2D eigenvalue weighted by molar-refractivity contribution is 0.0973. The van der Waals surface area contributed by atoms with Gasteiger partial charge >= 0.3 is 0 Å². The van der Waals surface area contributed by atoms with Gasteiger partial charge in [0.15, 0.2) is 5.78 Å². The Morgan fingerprint density at radius 2 is 1.71 bits per heavy atom. The van der Waals surface area contributed by atoms with Crippen molar-refractivity contribution >= 4 is 5.78 Å². The van der Waals surface area contributed by atoms with Crippen molar-refractivity contribution in [1.82, 2.24) is 0 Å². The van der Waals surface area contributed by atoms with Gasteiger partial charge < -0.3 is 9.47 Å². The third-order valence-electron chi connectivity index (χ3n) is 2.71. The van der Waals surface area contributed by atoms with Crippen molar-refractivity contribution in [2.45, 2.75) is 32.6 Å². The molecule has 1 rings (SSSR count). The molecule has 0 saturated carbocycles. The number of benzene rings is 1. The van der Waals surface area contributed by atoms with Gasteiger partial charge in [0.2, 0.25) is 0 Å². The maximum Gasteiger partial charge on any atom is 0.170 e. The van der Waals surface area contributed by atoms with E-state index >= 15 is 0 Å². The molecule has 0 atom stereocenters. The Kier molecular flexibility index (Phi) is 5.53. The van der Waals surface area contributed by atoms with Crippen LogP contribution in [0.5, 0.6) is 11.5 Å². The molecule has 0 heterocycles. The number of rotatable bonds is 7. The number of ketones is 1. The molecule has 1 aromatic rings. The first-order chi connectivity index (χ1) is 8.24. The zero-order valence-corrected chi connectivity index (χ0v) is 10.8. The average Bonchev–Trinajstić information content (AvgIpc) is 2.37. The lowest BCUT2D eigenvalue weighted by atomic mass is 10.0. The van der Waals surface area contributed by atoms with E-state index in [1.165, 1.54) is 0 Å². The Balaban J connectivity index is 2.89. The van der Waals surface area contributed by atoms with Crippen LogP contribution in [0.15, 0.2) is 18.2 Å². The van der Waals surface area contributed by atoms with E-state index in [-0.39, 0.29) is 5.78 Å². The Labute approximate surface area is 103 Å². The predicted molar refractivity (Wildman–Crippen MR) is 68.0 cm³/mol. The van der Waals surface area contributed by atoms with Crippen molar-refractivity contribution in [1.29, 1.82) is 0 Å². The molecule has 0 unspecified atom stereocenters. The average molecular weight is 236 g/mol. The highest BCUT2D eigenvalue weighted by atomic mass is 16.5. The van der Waals surface area contributed by atoms with Crippen LogP contribution in [0.3, 0.4) is 0 Å². The first kappa shape index (κ1) is 13.6. The molecular weight excluding hydrogens is 216 g/mol. The minimum Gasteiger partial charge on any atom is -0.496 e. The van der Waals surface area contributed by atoms with Gasteiger partial charge in [-0.05, 0) is 18.6 Å². The minimum atomic E-state index is 0.0905. The van der Waals surface area contributed by atoms with E-state index in [2.05, 4.69) is 6.92 Å². The summed E-state index contributed by atoms with van der Waals surface area (Å²) in [6.45, 7) is 2.12. The SMILES string of the molecule is CCCCCC(=O)c1c(OC)cccc1OC. The molecule has 17 heavy (non-hydrogen) atoms. The number of methoxy groups -OCH3 is 2. The van der Waals surface area contributed by atoms with E-state index < -0.39 is 0 Å². The molecule has 0 aliphatic heterocycles. The largest absolute Gasteiger partial charge is 0.496 e. The Morgan fingerprint density at radius 1 is 1.12 bits per heavy atom. The summed E-state index contributed by atoms with van der Waals surface area (Å²) < 4.78 is 10.4. The second-order valence-corrected chi connectivity index (χ2v) is 3.92. The fraction of sp³-hybridized carbons (Fsp3) is 0.500. The molecule has 0 fully saturated rings. The second-order valence-electron chi connectivity index (χ2n) is 3.92. The Morgan fingerprint density at radius 3 is 2.18 bits per heavy atom. The van der Waals surface area contributed by atoms with Gasteiger partial charge in [-0.2, -0.15) is 0 Å². The molecule has 0 amide bonds. The number of carbonyl (C=O) groups is 1. The highest BCUT2D eigenvalue weighted by Crippen LogP contribution is 2.29. The van der Waals surface area contributed by atoms with E-state index in [0.717, 1.165) is 19.3 Å². The van der Waals surface area contributed by atoms with Crippen molar-refractivity contribution in [2.75, 3.05) is 14.2 Å². The molecular formula is C14H20O3. The van der Waals surface area contributed by atoms with Crippen LogP contribution >= 0.6 is 0 Å². The molecule has 3 heteroatoms. The summed E-state index contributed by atoms with van der Waals surface area (Å²) in [4.78, 5) is 12.1. The van der Waals surface area contributed by atoms with Gasteiger partial charge in [-0.1, -0.05) is 25.8 Å². The molecule has 0 saturated heterocycles. The van der Waals surface area contributed by atoms with Gasteiger partial charge in [0, 0.05) is 6.42 Å². The molecule has 0 bridgehead atoms. The summed E-state index contributed by atoms with van der Waals surface area (Å²) >= 11 is 0. The molecule has 1 aromatic carbocycles. The van der Waals surface area contributed by atoms with Crippen molar-refractivity contribution in [2.24, 2.45) is 0 Å². The van der Waals surface area contributed by atoms with Crippen molar-refractivity contribution < 1.29 is 14.3 Å². The maximum atomic E-state index is 12.1. The maximum absolute atomic E-state index is 12.1. The third kappa shape index (κ3) is 3.48. The number of unbranched alkanes of at least 4 members (excludes halogenated alkanes) is 2. The topological polar surface area (TPSA) is 35.5 Å². The van der Waals surface area contributed by atoms with E-state index in [9.17, 15) is 4.79 Å². The Hall–Kier alpha value is -1.51. The van der Waals surface area contributed by atoms with Crippen LogP contribution in [0.4, 0.5) is 0 Å². The minimum absolute atomic E-state index is 0.0905. The normalized spacial score (nSPS) is 10.1. The summed E-state index contributed by atoms with van der Waals surface area (Å²) in [6.07, 6.45) is 3.64. The van der Waals surface area contributed by atoms with Crippen molar-refractivity contribution in [3.63, 3.8) is 0 Å². The van der Waals surface area contributed by atoms with Gasteiger partial charge in [-0.3, -0.25) is 4.79 Å². The Bertz CT molecular complexity index is 349. The van der Waals surface area contributed by atoms with E-state index in [1.807, 2.05) is 6.07 Å². The first-order valence-electron chi connectivity index (χ1n) is 5.98. The summed E-state index contributed by atoms with van der Waals surface area (Å²) in [7, 11) is 3.13. The summed E-state index contributed by atoms with van der Waals surface area (Å²) in [5.74, 6) is 1.27. The van der Waals surface area contributed by atoms with Gasteiger partial charge in [0.25, 0.3) is 0 Å².